The Hall–Kier alpha value is -0.790. The van der Waals surface area contributed by atoms with Crippen LogP contribution in [0, 0.1) is 5.92 Å². The molecule has 0 spiro atoms. The third-order valence-corrected chi connectivity index (χ3v) is 4.58. The standard InChI is InChI=1S/C23H44O2/c1-4-5-6-7-8-9-10-11-12-13-14-15-16-20-23(24)25-21-18-17-19-22(2)3/h9-10,22H,4-8,11-21H2,1-3H3/b10-9-. The smallest absolute Gasteiger partial charge is 0.305 e. The Kier molecular flexibility index (Phi) is 18.9. The summed E-state index contributed by atoms with van der Waals surface area (Å²) in [5.74, 6) is 0.743. The Morgan fingerprint density at radius 3 is 2.04 bits per heavy atom. The van der Waals surface area contributed by atoms with Crippen LogP contribution in [0.4, 0.5) is 0 Å². The minimum absolute atomic E-state index is 0.00412. The van der Waals surface area contributed by atoms with Crippen molar-refractivity contribution in [1.29, 1.82) is 0 Å². The Labute approximate surface area is 157 Å². The van der Waals surface area contributed by atoms with Crippen LogP contribution in [0.5, 0.6) is 0 Å². The molecule has 2 heteroatoms. The van der Waals surface area contributed by atoms with Gasteiger partial charge in [-0.05, 0) is 50.9 Å². The molecule has 0 aliphatic carbocycles. The Morgan fingerprint density at radius 2 is 1.40 bits per heavy atom. The predicted molar refractivity (Wildman–Crippen MR) is 110 cm³/mol. The number of hydrogen-bond donors (Lipinski definition) is 0. The second-order valence-electron chi connectivity index (χ2n) is 7.74. The van der Waals surface area contributed by atoms with E-state index >= 15 is 0 Å². The third-order valence-electron chi connectivity index (χ3n) is 4.58. The van der Waals surface area contributed by atoms with E-state index in [1.165, 1.54) is 64.2 Å². The number of ether oxygens (including phenoxy) is 1. The molecule has 0 aliphatic heterocycles. The third kappa shape index (κ3) is 21.2. The average molecular weight is 353 g/mol. The van der Waals surface area contributed by atoms with Gasteiger partial charge in [0, 0.05) is 6.42 Å². The van der Waals surface area contributed by atoms with Crippen molar-refractivity contribution in [3.05, 3.63) is 12.2 Å². The van der Waals surface area contributed by atoms with Crippen molar-refractivity contribution in [1.82, 2.24) is 0 Å². The normalized spacial score (nSPS) is 11.5. The van der Waals surface area contributed by atoms with Crippen molar-refractivity contribution in [3.8, 4) is 0 Å². The van der Waals surface area contributed by atoms with Crippen LogP contribution >= 0.6 is 0 Å². The highest BCUT2D eigenvalue weighted by molar-refractivity contribution is 5.69. The largest absolute Gasteiger partial charge is 0.466 e. The molecule has 0 heterocycles. The fourth-order valence-electron chi connectivity index (χ4n) is 2.90. The van der Waals surface area contributed by atoms with Crippen molar-refractivity contribution in [2.45, 2.75) is 117 Å². The number of unbranched alkanes of at least 4 members (excludes halogenated alkanes) is 10. The number of allylic oxidation sites excluding steroid dienone is 2. The lowest BCUT2D eigenvalue weighted by molar-refractivity contribution is -0.143. The maximum Gasteiger partial charge on any atom is 0.305 e. The summed E-state index contributed by atoms with van der Waals surface area (Å²) in [4.78, 5) is 11.6. The summed E-state index contributed by atoms with van der Waals surface area (Å²) >= 11 is 0. The van der Waals surface area contributed by atoms with Gasteiger partial charge in [-0.2, -0.15) is 0 Å². The van der Waals surface area contributed by atoms with Gasteiger partial charge < -0.3 is 4.74 Å². The molecule has 0 rings (SSSR count). The van der Waals surface area contributed by atoms with Crippen molar-refractivity contribution in [2.75, 3.05) is 6.61 Å². The van der Waals surface area contributed by atoms with Crippen LogP contribution in [0.2, 0.25) is 0 Å². The molecule has 0 amide bonds. The van der Waals surface area contributed by atoms with Crippen LogP contribution in [0.3, 0.4) is 0 Å². The van der Waals surface area contributed by atoms with Gasteiger partial charge in [0.15, 0.2) is 0 Å². The van der Waals surface area contributed by atoms with Gasteiger partial charge in [0.1, 0.15) is 0 Å². The Bertz CT molecular complexity index is 307. The van der Waals surface area contributed by atoms with Crippen molar-refractivity contribution >= 4 is 5.97 Å². The number of rotatable bonds is 18. The van der Waals surface area contributed by atoms with Crippen LogP contribution < -0.4 is 0 Å². The molecular weight excluding hydrogens is 308 g/mol. The summed E-state index contributed by atoms with van der Waals surface area (Å²) in [6.07, 6.45) is 22.5. The highest BCUT2D eigenvalue weighted by Gasteiger charge is 2.02. The first-order valence-corrected chi connectivity index (χ1v) is 11.0. The van der Waals surface area contributed by atoms with Gasteiger partial charge in [-0.1, -0.05) is 77.9 Å². The zero-order valence-corrected chi connectivity index (χ0v) is 17.4. The second-order valence-corrected chi connectivity index (χ2v) is 7.74. The van der Waals surface area contributed by atoms with Gasteiger partial charge in [0.2, 0.25) is 0 Å². The van der Waals surface area contributed by atoms with Gasteiger partial charge in [-0.3, -0.25) is 4.79 Å². The zero-order valence-electron chi connectivity index (χ0n) is 17.4. The molecule has 0 N–H and O–H groups in total. The molecule has 0 aromatic rings. The lowest BCUT2D eigenvalue weighted by Gasteiger charge is -2.06. The molecule has 0 aromatic heterocycles. The number of carbonyl (C=O) groups is 1. The van der Waals surface area contributed by atoms with Gasteiger partial charge in [-0.15, -0.1) is 0 Å². The van der Waals surface area contributed by atoms with E-state index in [1.807, 2.05) is 0 Å². The molecule has 2 nitrogen and oxygen atoms in total. The molecular formula is C23H44O2. The average Bonchev–Trinajstić information content (AvgIpc) is 2.58. The molecule has 0 saturated heterocycles. The van der Waals surface area contributed by atoms with E-state index in [0.717, 1.165) is 31.6 Å². The van der Waals surface area contributed by atoms with Gasteiger partial charge in [0.05, 0.1) is 6.61 Å². The number of hydrogen-bond acceptors (Lipinski definition) is 2. The summed E-state index contributed by atoms with van der Waals surface area (Å²) in [5.41, 5.74) is 0. The van der Waals surface area contributed by atoms with E-state index in [0.29, 0.717) is 13.0 Å². The van der Waals surface area contributed by atoms with Crippen molar-refractivity contribution < 1.29 is 9.53 Å². The van der Waals surface area contributed by atoms with Crippen LogP contribution in [-0.4, -0.2) is 12.6 Å². The molecule has 0 aliphatic rings. The topological polar surface area (TPSA) is 26.3 Å². The van der Waals surface area contributed by atoms with Crippen molar-refractivity contribution in [3.63, 3.8) is 0 Å². The summed E-state index contributed by atoms with van der Waals surface area (Å²) in [6.45, 7) is 7.33. The number of esters is 1. The predicted octanol–water partition coefficient (Wildman–Crippen LogP) is 7.61. The lowest BCUT2D eigenvalue weighted by atomic mass is 10.1. The summed E-state index contributed by atoms with van der Waals surface area (Å²) in [7, 11) is 0. The molecule has 148 valence electrons. The Balaban J connectivity index is 3.21. The minimum atomic E-state index is -0.00412. The van der Waals surface area contributed by atoms with E-state index in [4.69, 9.17) is 4.74 Å². The maximum absolute atomic E-state index is 11.6. The molecule has 0 bridgehead atoms. The Morgan fingerprint density at radius 1 is 0.800 bits per heavy atom. The van der Waals surface area contributed by atoms with E-state index in [9.17, 15) is 4.79 Å². The van der Waals surface area contributed by atoms with Crippen LogP contribution in [0.15, 0.2) is 12.2 Å². The van der Waals surface area contributed by atoms with E-state index in [1.54, 1.807) is 0 Å². The molecule has 0 fully saturated rings. The first-order valence-electron chi connectivity index (χ1n) is 11.0. The van der Waals surface area contributed by atoms with Gasteiger partial charge in [-0.25, -0.2) is 0 Å². The molecule has 0 aromatic carbocycles. The monoisotopic (exact) mass is 352 g/mol. The molecule has 0 saturated carbocycles. The maximum atomic E-state index is 11.6. The van der Waals surface area contributed by atoms with Gasteiger partial charge in [0.25, 0.3) is 0 Å². The molecule has 0 atom stereocenters. The summed E-state index contributed by atoms with van der Waals surface area (Å²) in [5, 5.41) is 0. The van der Waals surface area contributed by atoms with Crippen molar-refractivity contribution in [2.24, 2.45) is 5.92 Å². The first kappa shape index (κ1) is 24.2. The fourth-order valence-corrected chi connectivity index (χ4v) is 2.90. The zero-order chi connectivity index (χ0) is 18.6. The van der Waals surface area contributed by atoms with Crippen LogP contribution in [0.25, 0.3) is 0 Å². The molecule has 25 heavy (non-hydrogen) atoms. The molecule has 0 radical (unpaired) electrons. The summed E-state index contributed by atoms with van der Waals surface area (Å²) in [6, 6.07) is 0. The quantitative estimate of drug-likeness (QED) is 0.144. The molecule has 0 unspecified atom stereocenters. The van der Waals surface area contributed by atoms with E-state index in [-0.39, 0.29) is 5.97 Å². The second kappa shape index (κ2) is 19.5. The van der Waals surface area contributed by atoms with E-state index in [2.05, 4.69) is 32.9 Å². The van der Waals surface area contributed by atoms with E-state index < -0.39 is 0 Å². The highest BCUT2D eigenvalue weighted by Crippen LogP contribution is 2.10. The number of carbonyl (C=O) groups excluding carboxylic acids is 1. The first-order chi connectivity index (χ1) is 12.2. The van der Waals surface area contributed by atoms with Crippen LogP contribution in [-0.2, 0) is 9.53 Å². The summed E-state index contributed by atoms with van der Waals surface area (Å²) < 4.78 is 5.28. The fraction of sp³-hybridized carbons (Fsp3) is 0.870. The minimum Gasteiger partial charge on any atom is -0.466 e. The lowest BCUT2D eigenvalue weighted by Crippen LogP contribution is -2.05. The highest BCUT2D eigenvalue weighted by atomic mass is 16.5. The SMILES string of the molecule is CCCCCC/C=C\CCCCCCCC(=O)OCCCCC(C)C. The van der Waals surface area contributed by atoms with Crippen LogP contribution in [0.1, 0.15) is 117 Å². The van der Waals surface area contributed by atoms with Gasteiger partial charge >= 0.3 is 5.97 Å².